The second-order valence-electron chi connectivity index (χ2n) is 3.67. The second-order valence-corrected chi connectivity index (χ2v) is 3.67. The van der Waals surface area contributed by atoms with E-state index >= 15 is 0 Å². The molecule has 0 N–H and O–H groups in total. The van der Waals surface area contributed by atoms with Crippen molar-refractivity contribution >= 4 is 0 Å². The highest BCUT2D eigenvalue weighted by Gasteiger charge is 2.37. The highest BCUT2D eigenvalue weighted by Crippen LogP contribution is 2.31. The summed E-state index contributed by atoms with van der Waals surface area (Å²) in [6.45, 7) is 8.17. The molecule has 0 aromatic rings. The number of hydrogen-bond acceptors (Lipinski definition) is 3. The van der Waals surface area contributed by atoms with Crippen LogP contribution in [0.5, 0.6) is 0 Å². The van der Waals surface area contributed by atoms with Gasteiger partial charge in [0.15, 0.2) is 0 Å². The minimum absolute atomic E-state index is 0.636. The van der Waals surface area contributed by atoms with Gasteiger partial charge in [0, 0.05) is 19.6 Å². The lowest BCUT2D eigenvalue weighted by molar-refractivity contribution is -0.395. The molecule has 1 rings (SSSR count). The predicted octanol–water partition coefficient (Wildman–Crippen LogP) is 2.55. The van der Waals surface area contributed by atoms with Gasteiger partial charge in [-0.3, -0.25) is 0 Å². The molecule has 1 unspecified atom stereocenters. The van der Waals surface area contributed by atoms with E-state index in [1.54, 1.807) is 0 Å². The topological polar surface area (TPSA) is 27.7 Å². The van der Waals surface area contributed by atoms with Crippen molar-refractivity contribution < 1.29 is 14.2 Å². The lowest BCUT2D eigenvalue weighted by Gasteiger charge is -2.38. The minimum atomic E-state index is -0.741. The first-order chi connectivity index (χ1) is 6.76. The van der Waals surface area contributed by atoms with Crippen LogP contribution in [0.4, 0.5) is 0 Å². The molecule has 1 atom stereocenters. The summed E-state index contributed by atoms with van der Waals surface area (Å²) >= 11 is 0. The molecular formula is C11H22O3. The van der Waals surface area contributed by atoms with Gasteiger partial charge in [0.1, 0.15) is 0 Å². The first-order valence-corrected chi connectivity index (χ1v) is 5.68. The highest BCUT2D eigenvalue weighted by atomic mass is 16.9. The Bertz CT molecular complexity index is 143. The van der Waals surface area contributed by atoms with Gasteiger partial charge in [-0.25, -0.2) is 0 Å². The summed E-state index contributed by atoms with van der Waals surface area (Å²) in [6, 6.07) is 0. The normalized spacial score (nSPS) is 26.4. The van der Waals surface area contributed by atoms with Crippen molar-refractivity contribution in [2.45, 2.75) is 46.0 Å². The Hall–Kier alpha value is -0.120. The lowest BCUT2D eigenvalue weighted by Crippen LogP contribution is -2.44. The fraction of sp³-hybridized carbons (Fsp3) is 1.00. The monoisotopic (exact) mass is 202 g/mol. The molecule has 3 nitrogen and oxygen atoms in total. The van der Waals surface area contributed by atoms with Crippen molar-refractivity contribution in [3.05, 3.63) is 0 Å². The Morgan fingerprint density at radius 1 is 1.21 bits per heavy atom. The molecule has 0 bridgehead atoms. The van der Waals surface area contributed by atoms with Crippen molar-refractivity contribution in [2.24, 2.45) is 5.92 Å². The van der Waals surface area contributed by atoms with Crippen molar-refractivity contribution in [2.75, 3.05) is 19.8 Å². The van der Waals surface area contributed by atoms with Crippen LogP contribution in [0.25, 0.3) is 0 Å². The summed E-state index contributed by atoms with van der Waals surface area (Å²) in [4.78, 5) is 0. The zero-order valence-corrected chi connectivity index (χ0v) is 9.54. The lowest BCUT2D eigenvalue weighted by atomic mass is 9.98. The fourth-order valence-corrected chi connectivity index (χ4v) is 1.81. The van der Waals surface area contributed by atoms with Crippen molar-refractivity contribution in [3.63, 3.8) is 0 Å². The number of rotatable bonds is 5. The molecule has 0 aromatic heterocycles. The summed E-state index contributed by atoms with van der Waals surface area (Å²) in [7, 11) is 0. The third kappa shape index (κ3) is 2.94. The van der Waals surface area contributed by atoms with Crippen LogP contribution < -0.4 is 0 Å². The van der Waals surface area contributed by atoms with Crippen LogP contribution in [0.1, 0.15) is 40.0 Å². The first-order valence-electron chi connectivity index (χ1n) is 5.68. The maximum absolute atomic E-state index is 5.71. The zero-order valence-electron chi connectivity index (χ0n) is 9.54. The van der Waals surface area contributed by atoms with Crippen LogP contribution in [-0.4, -0.2) is 25.8 Å². The van der Waals surface area contributed by atoms with E-state index in [9.17, 15) is 0 Å². The smallest absolute Gasteiger partial charge is 0.282 e. The minimum Gasteiger partial charge on any atom is -0.328 e. The van der Waals surface area contributed by atoms with E-state index in [2.05, 4.69) is 6.92 Å². The fourth-order valence-electron chi connectivity index (χ4n) is 1.81. The molecule has 1 fully saturated rings. The number of ether oxygens (including phenoxy) is 3. The molecule has 0 aromatic carbocycles. The average molecular weight is 202 g/mol. The van der Waals surface area contributed by atoms with Crippen LogP contribution in [0, 0.1) is 5.92 Å². The van der Waals surface area contributed by atoms with E-state index in [-0.39, 0.29) is 0 Å². The van der Waals surface area contributed by atoms with Crippen LogP contribution in [0.2, 0.25) is 0 Å². The summed E-state index contributed by atoms with van der Waals surface area (Å²) in [5.41, 5.74) is 0. The second kappa shape index (κ2) is 5.69. The van der Waals surface area contributed by atoms with Gasteiger partial charge in [0.2, 0.25) is 0 Å². The van der Waals surface area contributed by atoms with Gasteiger partial charge >= 0.3 is 0 Å². The van der Waals surface area contributed by atoms with Crippen LogP contribution in [-0.2, 0) is 14.2 Å². The van der Waals surface area contributed by atoms with Crippen LogP contribution in [0.3, 0.4) is 0 Å². The van der Waals surface area contributed by atoms with E-state index in [4.69, 9.17) is 14.2 Å². The first kappa shape index (κ1) is 12.0. The van der Waals surface area contributed by atoms with Gasteiger partial charge in [-0.2, -0.15) is 0 Å². The Kier molecular flexibility index (Phi) is 4.85. The summed E-state index contributed by atoms with van der Waals surface area (Å²) in [6.07, 6.45) is 3.16. The van der Waals surface area contributed by atoms with Gasteiger partial charge in [0.05, 0.1) is 6.61 Å². The molecule has 0 radical (unpaired) electrons. The Morgan fingerprint density at radius 2 is 1.86 bits per heavy atom. The van der Waals surface area contributed by atoms with E-state index in [0.29, 0.717) is 19.1 Å². The van der Waals surface area contributed by atoms with Gasteiger partial charge in [-0.1, -0.05) is 13.3 Å². The SMILES string of the molecule is CCOC1(OCC)CCC(CC)CO1. The molecule has 0 amide bonds. The molecule has 0 saturated carbocycles. The third-order valence-corrected chi connectivity index (χ3v) is 2.70. The van der Waals surface area contributed by atoms with Gasteiger partial charge in [-0.05, 0) is 26.2 Å². The van der Waals surface area contributed by atoms with Gasteiger partial charge < -0.3 is 14.2 Å². The molecule has 1 saturated heterocycles. The van der Waals surface area contributed by atoms with E-state index in [1.165, 1.54) is 6.42 Å². The molecule has 1 aliphatic rings. The van der Waals surface area contributed by atoms with E-state index in [1.807, 2.05) is 13.8 Å². The Balaban J connectivity index is 2.45. The Labute approximate surface area is 86.7 Å². The molecule has 0 aliphatic carbocycles. The molecule has 84 valence electrons. The van der Waals surface area contributed by atoms with Crippen LogP contribution in [0.15, 0.2) is 0 Å². The summed E-state index contributed by atoms with van der Waals surface area (Å²) in [5, 5.41) is 0. The van der Waals surface area contributed by atoms with Crippen molar-refractivity contribution in [1.82, 2.24) is 0 Å². The summed E-state index contributed by atoms with van der Waals surface area (Å²) in [5.74, 6) is -0.0705. The average Bonchev–Trinajstić information content (AvgIpc) is 2.20. The molecule has 3 heteroatoms. The van der Waals surface area contributed by atoms with E-state index < -0.39 is 5.97 Å². The van der Waals surface area contributed by atoms with Crippen molar-refractivity contribution in [3.8, 4) is 0 Å². The molecule has 1 aliphatic heterocycles. The molecule has 1 heterocycles. The van der Waals surface area contributed by atoms with Crippen LogP contribution >= 0.6 is 0 Å². The largest absolute Gasteiger partial charge is 0.328 e. The quantitative estimate of drug-likeness (QED) is 0.641. The zero-order chi connectivity index (χ0) is 10.4. The molecule has 14 heavy (non-hydrogen) atoms. The third-order valence-electron chi connectivity index (χ3n) is 2.70. The summed E-state index contributed by atoms with van der Waals surface area (Å²) < 4.78 is 16.8. The van der Waals surface area contributed by atoms with Gasteiger partial charge in [0.25, 0.3) is 5.97 Å². The van der Waals surface area contributed by atoms with E-state index in [0.717, 1.165) is 19.4 Å². The maximum atomic E-state index is 5.71. The molecular weight excluding hydrogens is 180 g/mol. The molecule has 0 spiro atoms. The number of hydrogen-bond donors (Lipinski definition) is 0. The highest BCUT2D eigenvalue weighted by molar-refractivity contribution is 4.70. The Morgan fingerprint density at radius 3 is 2.21 bits per heavy atom. The standard InChI is InChI=1S/C11H22O3/c1-4-10-7-8-11(12-5-2,13-6-3)14-9-10/h10H,4-9H2,1-3H3. The predicted molar refractivity (Wildman–Crippen MR) is 55.0 cm³/mol. The van der Waals surface area contributed by atoms with Crippen molar-refractivity contribution in [1.29, 1.82) is 0 Å². The maximum Gasteiger partial charge on any atom is 0.282 e. The van der Waals surface area contributed by atoms with Gasteiger partial charge in [-0.15, -0.1) is 0 Å².